The molecule has 3 aromatic heterocycles. The Balaban J connectivity index is 1.35. The Kier molecular flexibility index (Phi) is 6.10. The molecule has 2 aromatic carbocycles. The van der Waals surface area contributed by atoms with Crippen molar-refractivity contribution in [2.45, 2.75) is 20.0 Å². The van der Waals surface area contributed by atoms with Gasteiger partial charge in [-0.15, -0.1) is 11.3 Å². The van der Waals surface area contributed by atoms with Crippen LogP contribution in [0.25, 0.3) is 31.8 Å². The summed E-state index contributed by atoms with van der Waals surface area (Å²) in [7, 11) is 1.55. The largest absolute Gasteiger partial charge is 0.484 e. The monoisotopic (exact) mass is 547 g/mol. The first-order valence-electron chi connectivity index (χ1n) is 12.0. The molecule has 0 spiro atoms. The van der Waals surface area contributed by atoms with Crippen molar-refractivity contribution in [3.63, 3.8) is 0 Å². The summed E-state index contributed by atoms with van der Waals surface area (Å²) in [5, 5.41) is 10.5. The van der Waals surface area contributed by atoms with Crippen LogP contribution in [0.5, 0.6) is 17.4 Å². The number of aryl methyl sites for hydroxylation is 2. The van der Waals surface area contributed by atoms with Crippen LogP contribution in [0.2, 0.25) is 0 Å². The zero-order valence-electron chi connectivity index (χ0n) is 21.1. The molecule has 1 aliphatic rings. The smallest absolute Gasteiger partial charge is 0.411 e. The SMILES string of the molecule is COc1cnc2c(-c3nc4c(C)cc5c(c4s3)OCC(CN(C(=O)O)c3ccnc(F)c3)O5)cc(C)cc2n1. The van der Waals surface area contributed by atoms with E-state index >= 15 is 0 Å². The number of amides is 1. The van der Waals surface area contributed by atoms with Gasteiger partial charge < -0.3 is 19.3 Å². The van der Waals surface area contributed by atoms with Gasteiger partial charge in [0, 0.05) is 17.8 Å². The minimum Gasteiger partial charge on any atom is -0.484 e. The molecule has 1 amide bonds. The van der Waals surface area contributed by atoms with E-state index < -0.39 is 18.1 Å². The van der Waals surface area contributed by atoms with Gasteiger partial charge in [-0.2, -0.15) is 4.39 Å². The minimum atomic E-state index is -1.24. The number of carboxylic acid groups (broad SMARTS) is 1. The molecule has 0 saturated carbocycles. The molecule has 0 radical (unpaired) electrons. The third kappa shape index (κ3) is 4.52. The standard InChI is InChI=1S/C27H22FN5O5S/c1-13-6-17(23-18(7-13)31-21(36-3)10-30-23)26-32-22-14(2)8-19-24(25(22)39-26)37-12-16(38-19)11-33(27(34)35)15-4-5-29-20(28)9-15/h4-10,16H,11-12H2,1-3H3,(H,34,35). The zero-order valence-corrected chi connectivity index (χ0v) is 22.0. The van der Waals surface area contributed by atoms with Crippen molar-refractivity contribution in [3.05, 3.63) is 59.8 Å². The molecule has 0 aliphatic carbocycles. The van der Waals surface area contributed by atoms with E-state index in [1.807, 2.05) is 32.0 Å². The van der Waals surface area contributed by atoms with Crippen LogP contribution in [-0.4, -0.2) is 57.5 Å². The number of methoxy groups -OCH3 is 1. The Morgan fingerprint density at radius 2 is 2.05 bits per heavy atom. The van der Waals surface area contributed by atoms with Gasteiger partial charge in [0.15, 0.2) is 17.6 Å². The summed E-state index contributed by atoms with van der Waals surface area (Å²) in [6, 6.07) is 8.31. The number of fused-ring (bicyclic) bond motifs is 4. The number of nitrogens with zero attached hydrogens (tertiary/aromatic N) is 5. The average Bonchev–Trinajstić information content (AvgIpc) is 3.37. The Labute approximate surface area is 225 Å². The van der Waals surface area contributed by atoms with Crippen LogP contribution in [0.3, 0.4) is 0 Å². The molecule has 6 rings (SSSR count). The molecule has 5 aromatic rings. The highest BCUT2D eigenvalue weighted by Gasteiger charge is 2.30. The van der Waals surface area contributed by atoms with E-state index in [2.05, 4.69) is 15.0 Å². The maximum Gasteiger partial charge on any atom is 0.411 e. The highest BCUT2D eigenvalue weighted by molar-refractivity contribution is 7.22. The molecule has 1 atom stereocenters. The molecule has 39 heavy (non-hydrogen) atoms. The van der Waals surface area contributed by atoms with Crippen LogP contribution in [-0.2, 0) is 0 Å². The van der Waals surface area contributed by atoms with E-state index in [-0.39, 0.29) is 18.8 Å². The van der Waals surface area contributed by atoms with Crippen LogP contribution in [0.4, 0.5) is 14.9 Å². The van der Waals surface area contributed by atoms with Gasteiger partial charge >= 0.3 is 6.09 Å². The van der Waals surface area contributed by atoms with Crippen molar-refractivity contribution in [3.8, 4) is 28.0 Å². The first-order valence-corrected chi connectivity index (χ1v) is 12.8. The van der Waals surface area contributed by atoms with Crippen molar-refractivity contribution in [1.29, 1.82) is 0 Å². The molecule has 0 bridgehead atoms. The Hall–Kier alpha value is -4.58. The van der Waals surface area contributed by atoms with Gasteiger partial charge in [0.2, 0.25) is 11.8 Å². The fourth-order valence-corrected chi connectivity index (χ4v) is 5.72. The number of thiazole rings is 1. The lowest BCUT2D eigenvalue weighted by atomic mass is 10.1. The number of ether oxygens (including phenoxy) is 3. The number of carbonyl (C=O) groups is 1. The molecule has 1 unspecified atom stereocenters. The summed E-state index contributed by atoms with van der Waals surface area (Å²) >= 11 is 1.46. The van der Waals surface area contributed by atoms with Gasteiger partial charge in [0.1, 0.15) is 16.3 Å². The van der Waals surface area contributed by atoms with Crippen molar-refractivity contribution in [2.75, 3.05) is 25.2 Å². The number of hydrogen-bond acceptors (Lipinski definition) is 9. The highest BCUT2D eigenvalue weighted by Crippen LogP contribution is 2.46. The van der Waals surface area contributed by atoms with Crippen molar-refractivity contribution in [1.82, 2.24) is 19.9 Å². The lowest BCUT2D eigenvalue weighted by Gasteiger charge is -2.30. The summed E-state index contributed by atoms with van der Waals surface area (Å²) in [5.74, 6) is 0.716. The van der Waals surface area contributed by atoms with Gasteiger partial charge in [-0.05, 0) is 49.2 Å². The first kappa shape index (κ1) is 24.7. The number of aromatic nitrogens is 4. The Morgan fingerprint density at radius 3 is 2.82 bits per heavy atom. The van der Waals surface area contributed by atoms with Gasteiger partial charge in [-0.3, -0.25) is 4.90 Å². The molecule has 1 N–H and O–H groups in total. The van der Waals surface area contributed by atoms with Gasteiger partial charge in [-0.1, -0.05) is 0 Å². The van der Waals surface area contributed by atoms with Crippen LogP contribution in [0.15, 0.2) is 42.7 Å². The number of anilines is 1. The van der Waals surface area contributed by atoms with E-state index in [1.54, 1.807) is 13.3 Å². The summed E-state index contributed by atoms with van der Waals surface area (Å²) in [6.45, 7) is 3.97. The molecule has 10 nitrogen and oxygen atoms in total. The molecular weight excluding hydrogens is 525 g/mol. The molecule has 0 saturated heterocycles. The highest BCUT2D eigenvalue weighted by atomic mass is 32.1. The van der Waals surface area contributed by atoms with Crippen molar-refractivity contribution in [2.24, 2.45) is 0 Å². The quantitative estimate of drug-likeness (QED) is 0.289. The van der Waals surface area contributed by atoms with Gasteiger partial charge in [0.25, 0.3) is 0 Å². The van der Waals surface area contributed by atoms with Crippen molar-refractivity contribution >= 4 is 44.4 Å². The Morgan fingerprint density at radius 1 is 1.21 bits per heavy atom. The summed E-state index contributed by atoms with van der Waals surface area (Å²) in [4.78, 5) is 30.4. The lowest BCUT2D eigenvalue weighted by Crippen LogP contribution is -2.43. The number of rotatable bonds is 5. The van der Waals surface area contributed by atoms with E-state index in [9.17, 15) is 14.3 Å². The predicted molar refractivity (Wildman–Crippen MR) is 144 cm³/mol. The van der Waals surface area contributed by atoms with Crippen LogP contribution in [0, 0.1) is 19.8 Å². The summed E-state index contributed by atoms with van der Waals surface area (Å²) in [6.07, 6.45) is 0.953. The average molecular weight is 548 g/mol. The summed E-state index contributed by atoms with van der Waals surface area (Å²) in [5.41, 5.74) is 5.11. The number of hydrogen-bond donors (Lipinski definition) is 1. The topological polar surface area (TPSA) is 120 Å². The fraction of sp³-hybridized carbons (Fsp3) is 0.222. The van der Waals surface area contributed by atoms with Crippen LogP contribution < -0.4 is 19.1 Å². The lowest BCUT2D eigenvalue weighted by molar-refractivity contribution is 0.0961. The number of pyridine rings is 1. The van der Waals surface area contributed by atoms with E-state index in [4.69, 9.17) is 19.2 Å². The molecule has 198 valence electrons. The van der Waals surface area contributed by atoms with E-state index in [0.29, 0.717) is 28.4 Å². The fourth-order valence-electron chi connectivity index (χ4n) is 4.57. The molecule has 12 heteroatoms. The third-order valence-electron chi connectivity index (χ3n) is 6.33. The molecule has 1 aliphatic heterocycles. The third-order valence-corrected chi connectivity index (χ3v) is 7.42. The Bertz CT molecular complexity index is 1760. The normalized spacial score (nSPS) is 14.5. The maximum absolute atomic E-state index is 13.6. The van der Waals surface area contributed by atoms with E-state index in [0.717, 1.165) is 42.9 Å². The second-order valence-corrected chi connectivity index (χ2v) is 10.1. The molecule has 0 fully saturated rings. The van der Waals surface area contributed by atoms with Gasteiger partial charge in [0.05, 0.1) is 42.1 Å². The summed E-state index contributed by atoms with van der Waals surface area (Å²) < 4.78 is 32.0. The zero-order chi connectivity index (χ0) is 27.3. The number of halogens is 1. The number of benzene rings is 2. The maximum atomic E-state index is 13.6. The van der Waals surface area contributed by atoms with E-state index in [1.165, 1.54) is 23.6 Å². The molecular formula is C27H22FN5O5S. The second-order valence-electron chi connectivity index (χ2n) is 9.09. The van der Waals surface area contributed by atoms with Crippen LogP contribution in [0.1, 0.15) is 11.1 Å². The van der Waals surface area contributed by atoms with Crippen molar-refractivity contribution < 1.29 is 28.5 Å². The van der Waals surface area contributed by atoms with Gasteiger partial charge in [-0.25, -0.2) is 24.7 Å². The minimum absolute atomic E-state index is 0.0549. The predicted octanol–water partition coefficient (Wildman–Crippen LogP) is 5.39. The van der Waals surface area contributed by atoms with Crippen LogP contribution >= 0.6 is 11.3 Å². The second kappa shape index (κ2) is 9.62. The molecule has 4 heterocycles. The first-order chi connectivity index (χ1) is 18.8.